The second-order valence-corrected chi connectivity index (χ2v) is 11.4. The third kappa shape index (κ3) is 6.74. The topological polar surface area (TPSA) is 149 Å². The number of nitrogens with one attached hydrogen (secondary N) is 1. The van der Waals surface area contributed by atoms with Crippen molar-refractivity contribution in [3.8, 4) is 22.9 Å². The van der Waals surface area contributed by atoms with Crippen LogP contribution in [-0.4, -0.2) is 58.4 Å². The lowest BCUT2D eigenvalue weighted by Crippen LogP contribution is -2.34. The average Bonchev–Trinajstić information content (AvgIpc) is 3.86. The van der Waals surface area contributed by atoms with E-state index in [4.69, 9.17) is 9.47 Å². The SMILES string of the molecule is CCOc1cncc(-c2ccc(C(=O)NCc3cnnc(N(Cc4ccc(OC)cc4)S(=O)(=O)C4CC4)c3)nc2)n1. The molecule has 0 unspecified atom stereocenters. The summed E-state index contributed by atoms with van der Waals surface area (Å²) in [5, 5.41) is 10.5. The maximum Gasteiger partial charge on any atom is 0.270 e. The van der Waals surface area contributed by atoms with Gasteiger partial charge in [-0.2, -0.15) is 5.10 Å². The number of benzene rings is 1. The Labute approximate surface area is 237 Å². The molecule has 1 fully saturated rings. The predicted molar refractivity (Wildman–Crippen MR) is 151 cm³/mol. The van der Waals surface area contributed by atoms with E-state index in [2.05, 4.69) is 30.5 Å². The van der Waals surface area contributed by atoms with Crippen LogP contribution >= 0.6 is 0 Å². The lowest BCUT2D eigenvalue weighted by atomic mass is 10.2. The number of carbonyl (C=O) groups excluding carboxylic acids is 1. The summed E-state index contributed by atoms with van der Waals surface area (Å²) < 4.78 is 38.5. The summed E-state index contributed by atoms with van der Waals surface area (Å²) in [6.07, 6.45) is 7.37. The molecule has 1 aliphatic rings. The molecule has 1 saturated carbocycles. The first-order valence-electron chi connectivity index (χ1n) is 13.0. The molecule has 1 N–H and O–H groups in total. The summed E-state index contributed by atoms with van der Waals surface area (Å²) in [4.78, 5) is 25.6. The smallest absolute Gasteiger partial charge is 0.270 e. The number of ether oxygens (including phenoxy) is 2. The van der Waals surface area contributed by atoms with Crippen LogP contribution in [0.4, 0.5) is 5.82 Å². The number of rotatable bonds is 12. The van der Waals surface area contributed by atoms with Gasteiger partial charge in [0.15, 0.2) is 5.82 Å². The second-order valence-electron chi connectivity index (χ2n) is 9.31. The normalized spacial score (nSPS) is 12.9. The Balaban J connectivity index is 1.28. The lowest BCUT2D eigenvalue weighted by Gasteiger charge is -2.23. The predicted octanol–water partition coefficient (Wildman–Crippen LogP) is 3.16. The van der Waals surface area contributed by atoms with Crippen molar-refractivity contribution in [3.63, 3.8) is 0 Å². The standard InChI is InChI=1S/C28H29N7O5S/c1-3-40-27-17-29-16-25(33-27)21-6-11-24(30-15-21)28(36)31-13-20-12-26(34-32-14-20)35(41(37,38)23-9-10-23)18-19-4-7-22(39-2)8-5-19/h4-8,11-12,14-17,23H,3,9-10,13,18H2,1-2H3,(H,31,36). The monoisotopic (exact) mass is 575 g/mol. The number of methoxy groups -OCH3 is 1. The number of hydrogen-bond acceptors (Lipinski definition) is 10. The van der Waals surface area contributed by atoms with E-state index in [1.165, 1.54) is 16.7 Å². The van der Waals surface area contributed by atoms with E-state index < -0.39 is 21.2 Å². The van der Waals surface area contributed by atoms with Crippen LogP contribution in [0.15, 0.2) is 67.3 Å². The fourth-order valence-electron chi connectivity index (χ4n) is 4.01. The number of anilines is 1. The molecule has 12 nitrogen and oxygen atoms in total. The lowest BCUT2D eigenvalue weighted by molar-refractivity contribution is 0.0946. The Hall–Kier alpha value is -4.65. The van der Waals surface area contributed by atoms with Gasteiger partial charge in [-0.1, -0.05) is 12.1 Å². The number of aromatic nitrogens is 5. The van der Waals surface area contributed by atoms with E-state index >= 15 is 0 Å². The fraction of sp³-hybridized carbons (Fsp3) is 0.286. The second kappa shape index (κ2) is 12.3. The molecule has 3 aromatic heterocycles. The Morgan fingerprint density at radius 2 is 1.85 bits per heavy atom. The van der Waals surface area contributed by atoms with E-state index in [0.717, 1.165) is 5.56 Å². The summed E-state index contributed by atoms with van der Waals surface area (Å²) in [6.45, 7) is 2.54. The fourth-order valence-corrected chi connectivity index (χ4v) is 5.78. The van der Waals surface area contributed by atoms with Gasteiger partial charge >= 0.3 is 0 Å². The molecular formula is C28H29N7O5S. The zero-order chi connectivity index (χ0) is 28.8. The molecule has 1 aromatic carbocycles. The Kier molecular flexibility index (Phi) is 8.34. The van der Waals surface area contributed by atoms with Gasteiger partial charge in [0.1, 0.15) is 11.4 Å². The van der Waals surface area contributed by atoms with Crippen molar-refractivity contribution in [2.75, 3.05) is 18.0 Å². The van der Waals surface area contributed by atoms with Gasteiger partial charge in [-0.15, -0.1) is 5.10 Å². The van der Waals surface area contributed by atoms with Gasteiger partial charge < -0.3 is 14.8 Å². The molecular weight excluding hydrogens is 546 g/mol. The molecule has 0 atom stereocenters. The number of carbonyl (C=O) groups is 1. The quantitative estimate of drug-likeness (QED) is 0.267. The van der Waals surface area contributed by atoms with E-state index in [1.807, 2.05) is 19.1 Å². The average molecular weight is 576 g/mol. The molecule has 1 aliphatic carbocycles. The highest BCUT2D eigenvalue weighted by Gasteiger charge is 2.41. The van der Waals surface area contributed by atoms with Crippen molar-refractivity contribution in [2.45, 2.75) is 38.1 Å². The van der Waals surface area contributed by atoms with Gasteiger partial charge in [0.2, 0.25) is 15.9 Å². The van der Waals surface area contributed by atoms with E-state index in [-0.39, 0.29) is 24.6 Å². The molecule has 0 spiro atoms. The third-order valence-corrected chi connectivity index (χ3v) is 8.59. The summed E-state index contributed by atoms with van der Waals surface area (Å²) in [7, 11) is -2.06. The van der Waals surface area contributed by atoms with Crippen molar-refractivity contribution in [1.29, 1.82) is 0 Å². The summed E-state index contributed by atoms with van der Waals surface area (Å²) in [5.74, 6) is 0.878. The van der Waals surface area contributed by atoms with Crippen molar-refractivity contribution in [2.24, 2.45) is 0 Å². The summed E-state index contributed by atoms with van der Waals surface area (Å²) >= 11 is 0. The van der Waals surface area contributed by atoms with E-state index in [0.29, 0.717) is 47.9 Å². The highest BCUT2D eigenvalue weighted by atomic mass is 32.2. The first-order valence-corrected chi connectivity index (χ1v) is 14.5. The third-order valence-electron chi connectivity index (χ3n) is 6.34. The number of pyridine rings is 1. The Morgan fingerprint density at radius 3 is 2.54 bits per heavy atom. The molecule has 4 aromatic rings. The van der Waals surface area contributed by atoms with E-state index in [9.17, 15) is 13.2 Å². The van der Waals surface area contributed by atoms with Crippen LogP contribution < -0.4 is 19.1 Å². The van der Waals surface area contributed by atoms with Crippen molar-refractivity contribution < 1.29 is 22.7 Å². The molecule has 0 bridgehead atoms. The van der Waals surface area contributed by atoms with Crippen LogP contribution in [0.5, 0.6) is 11.6 Å². The first-order chi connectivity index (χ1) is 19.9. The van der Waals surface area contributed by atoms with Crippen molar-refractivity contribution in [1.82, 2.24) is 30.5 Å². The van der Waals surface area contributed by atoms with Crippen LogP contribution in [0, 0.1) is 0 Å². The van der Waals surface area contributed by atoms with Crippen molar-refractivity contribution >= 4 is 21.7 Å². The minimum atomic E-state index is -3.63. The van der Waals surface area contributed by atoms with Gasteiger partial charge in [-0.25, -0.2) is 17.7 Å². The van der Waals surface area contributed by atoms with Crippen LogP contribution in [0.25, 0.3) is 11.3 Å². The maximum atomic E-state index is 13.3. The van der Waals surface area contributed by atoms with E-state index in [1.54, 1.807) is 49.8 Å². The zero-order valence-corrected chi connectivity index (χ0v) is 23.4. The number of amides is 1. The number of hydrogen-bond donors (Lipinski definition) is 1. The molecule has 13 heteroatoms. The molecule has 212 valence electrons. The molecule has 0 aliphatic heterocycles. The number of sulfonamides is 1. The minimum Gasteiger partial charge on any atom is -0.497 e. The van der Waals surface area contributed by atoms with Crippen LogP contribution in [0.3, 0.4) is 0 Å². The zero-order valence-electron chi connectivity index (χ0n) is 22.6. The maximum absolute atomic E-state index is 13.3. The van der Waals surface area contributed by atoms with Crippen LogP contribution in [0.1, 0.15) is 41.4 Å². The molecule has 5 rings (SSSR count). The minimum absolute atomic E-state index is 0.0987. The molecule has 41 heavy (non-hydrogen) atoms. The summed E-state index contributed by atoms with van der Waals surface area (Å²) in [6, 6.07) is 12.1. The summed E-state index contributed by atoms with van der Waals surface area (Å²) in [5.41, 5.74) is 2.84. The van der Waals surface area contributed by atoms with Gasteiger partial charge in [-0.05, 0) is 61.2 Å². The van der Waals surface area contributed by atoms with Gasteiger partial charge in [0.25, 0.3) is 5.91 Å². The van der Waals surface area contributed by atoms with Gasteiger partial charge in [-0.3, -0.25) is 14.8 Å². The Morgan fingerprint density at radius 1 is 1.05 bits per heavy atom. The van der Waals surface area contributed by atoms with Crippen LogP contribution in [0.2, 0.25) is 0 Å². The Bertz CT molecular complexity index is 1610. The molecule has 0 saturated heterocycles. The van der Waals surface area contributed by atoms with Gasteiger partial charge in [0.05, 0.1) is 49.8 Å². The van der Waals surface area contributed by atoms with Gasteiger partial charge in [0, 0.05) is 18.3 Å². The largest absolute Gasteiger partial charge is 0.497 e. The first kappa shape index (κ1) is 27.9. The molecule has 1 amide bonds. The highest BCUT2D eigenvalue weighted by Crippen LogP contribution is 2.34. The van der Waals surface area contributed by atoms with Crippen molar-refractivity contribution in [3.05, 3.63) is 84.1 Å². The number of nitrogens with zero attached hydrogens (tertiary/aromatic N) is 6. The molecule has 0 radical (unpaired) electrons. The molecule has 3 heterocycles. The van der Waals surface area contributed by atoms with Crippen LogP contribution in [-0.2, 0) is 23.1 Å². The highest BCUT2D eigenvalue weighted by molar-refractivity contribution is 7.93.